The molecule has 6 nitrogen and oxygen atoms in total. The molecule has 6 heteroatoms. The maximum absolute atomic E-state index is 12.9. The van der Waals surface area contributed by atoms with Crippen molar-refractivity contribution in [2.24, 2.45) is 5.73 Å². The maximum Gasteiger partial charge on any atom is 0.338 e. The first kappa shape index (κ1) is 21.2. The zero-order chi connectivity index (χ0) is 22.3. The number of hydrogen-bond acceptors (Lipinski definition) is 5. The fourth-order valence-electron chi connectivity index (χ4n) is 3.44. The van der Waals surface area contributed by atoms with Crippen LogP contribution >= 0.6 is 0 Å². The highest BCUT2D eigenvalue weighted by Gasteiger charge is 2.20. The number of nitrogens with two attached hydrogens (primary N) is 1. The van der Waals surface area contributed by atoms with Gasteiger partial charge in [0.25, 0.3) is 0 Å². The van der Waals surface area contributed by atoms with Crippen LogP contribution in [0.3, 0.4) is 0 Å². The predicted molar refractivity (Wildman–Crippen MR) is 124 cm³/mol. The van der Waals surface area contributed by atoms with Gasteiger partial charge in [0.05, 0.1) is 11.5 Å². The van der Waals surface area contributed by atoms with Gasteiger partial charge >= 0.3 is 5.97 Å². The summed E-state index contributed by atoms with van der Waals surface area (Å²) in [5, 5.41) is 4.91. The average molecular weight is 425 g/mol. The third-order valence-electron chi connectivity index (χ3n) is 5.22. The normalized spacial score (nSPS) is 11.7. The van der Waals surface area contributed by atoms with Gasteiger partial charge in [0, 0.05) is 30.0 Å². The molecule has 0 aliphatic heterocycles. The second-order valence-electron chi connectivity index (χ2n) is 7.40. The van der Waals surface area contributed by atoms with Gasteiger partial charge in [0.2, 0.25) is 5.91 Å². The molecular formula is C26H23N3O3. The van der Waals surface area contributed by atoms with E-state index < -0.39 is 11.9 Å². The predicted octanol–water partition coefficient (Wildman–Crippen LogP) is 4.27. The first-order chi connectivity index (χ1) is 15.6. The number of nitrogens with zero attached hydrogens (tertiary/aromatic N) is 1. The van der Waals surface area contributed by atoms with E-state index in [9.17, 15) is 9.59 Å². The number of carbonyl (C=O) groups excluding carboxylic acids is 2. The molecule has 0 fully saturated rings. The Kier molecular flexibility index (Phi) is 6.53. The summed E-state index contributed by atoms with van der Waals surface area (Å²) in [4.78, 5) is 29.3. The summed E-state index contributed by atoms with van der Waals surface area (Å²) in [6.45, 7) is 0.345. The minimum Gasteiger partial charge on any atom is -0.457 e. The lowest BCUT2D eigenvalue weighted by Gasteiger charge is -2.16. The zero-order valence-electron chi connectivity index (χ0n) is 17.4. The molecule has 4 aromatic rings. The van der Waals surface area contributed by atoms with E-state index in [0.717, 1.165) is 21.9 Å². The Morgan fingerprint density at radius 3 is 2.47 bits per heavy atom. The number of benzene rings is 3. The molecular weight excluding hydrogens is 402 g/mol. The Bertz CT molecular complexity index is 1220. The number of amides is 1. The van der Waals surface area contributed by atoms with E-state index in [0.29, 0.717) is 11.3 Å². The standard InChI is InChI=1S/C26H23N3O3/c27-15-24(25(30)29-23-11-10-22-16-28-13-12-21(22)14-23)19-6-8-20(9-7-19)26(31)32-17-18-4-2-1-3-5-18/h1-14,16,24H,15,17,27H2,(H,29,30). The molecule has 160 valence electrons. The van der Waals surface area contributed by atoms with E-state index in [-0.39, 0.29) is 19.1 Å². The van der Waals surface area contributed by atoms with Gasteiger partial charge in [0.1, 0.15) is 6.61 Å². The van der Waals surface area contributed by atoms with Crippen LogP contribution in [0.25, 0.3) is 10.8 Å². The number of fused-ring (bicyclic) bond motifs is 1. The minimum atomic E-state index is -0.544. The van der Waals surface area contributed by atoms with Crippen LogP contribution in [0.5, 0.6) is 0 Å². The second kappa shape index (κ2) is 9.85. The first-order valence-corrected chi connectivity index (χ1v) is 10.3. The summed E-state index contributed by atoms with van der Waals surface area (Å²) in [5.41, 5.74) is 8.66. The monoisotopic (exact) mass is 425 g/mol. The van der Waals surface area contributed by atoms with Crippen LogP contribution in [0.1, 0.15) is 27.4 Å². The Hall–Kier alpha value is -4.03. The van der Waals surface area contributed by atoms with E-state index in [1.54, 1.807) is 36.7 Å². The number of hydrogen-bond donors (Lipinski definition) is 2. The topological polar surface area (TPSA) is 94.3 Å². The van der Waals surface area contributed by atoms with Crippen molar-refractivity contribution < 1.29 is 14.3 Å². The van der Waals surface area contributed by atoms with Crippen molar-refractivity contribution in [2.75, 3.05) is 11.9 Å². The van der Waals surface area contributed by atoms with Crippen LogP contribution in [-0.2, 0) is 16.1 Å². The number of anilines is 1. The molecule has 1 heterocycles. The number of aromatic nitrogens is 1. The molecule has 1 unspecified atom stereocenters. The average Bonchev–Trinajstić information content (AvgIpc) is 2.84. The Labute approximate surface area is 186 Å². The lowest BCUT2D eigenvalue weighted by atomic mass is 9.97. The van der Waals surface area contributed by atoms with Crippen LogP contribution in [0.2, 0.25) is 0 Å². The fourth-order valence-corrected chi connectivity index (χ4v) is 3.44. The number of esters is 1. The molecule has 3 aromatic carbocycles. The minimum absolute atomic E-state index is 0.140. The highest BCUT2D eigenvalue weighted by atomic mass is 16.5. The smallest absolute Gasteiger partial charge is 0.338 e. The molecule has 0 saturated heterocycles. The zero-order valence-corrected chi connectivity index (χ0v) is 17.4. The van der Waals surface area contributed by atoms with Crippen LogP contribution < -0.4 is 11.1 Å². The quantitative estimate of drug-likeness (QED) is 0.431. The summed E-state index contributed by atoms with van der Waals surface area (Å²) in [6, 6.07) is 23.8. The molecule has 1 atom stereocenters. The molecule has 1 aromatic heterocycles. The molecule has 0 aliphatic carbocycles. The van der Waals surface area contributed by atoms with Gasteiger partial charge in [-0.1, -0.05) is 48.5 Å². The summed E-state index contributed by atoms with van der Waals surface area (Å²) in [6.07, 6.45) is 3.49. The van der Waals surface area contributed by atoms with E-state index in [1.807, 2.05) is 54.6 Å². The molecule has 0 spiro atoms. The van der Waals surface area contributed by atoms with E-state index in [1.165, 1.54) is 0 Å². The van der Waals surface area contributed by atoms with Gasteiger partial charge in [-0.15, -0.1) is 0 Å². The van der Waals surface area contributed by atoms with Crippen molar-refractivity contribution in [1.29, 1.82) is 0 Å². The van der Waals surface area contributed by atoms with Gasteiger partial charge in [-0.25, -0.2) is 4.79 Å². The molecule has 0 radical (unpaired) electrons. The lowest BCUT2D eigenvalue weighted by Crippen LogP contribution is -2.27. The third-order valence-corrected chi connectivity index (χ3v) is 5.22. The van der Waals surface area contributed by atoms with Crippen LogP contribution in [0.4, 0.5) is 5.69 Å². The van der Waals surface area contributed by atoms with Gasteiger partial charge in [-0.05, 0) is 46.8 Å². The van der Waals surface area contributed by atoms with Crippen molar-refractivity contribution in [3.63, 3.8) is 0 Å². The van der Waals surface area contributed by atoms with Crippen molar-refractivity contribution in [1.82, 2.24) is 4.98 Å². The molecule has 0 aliphatic rings. The largest absolute Gasteiger partial charge is 0.457 e. The number of nitrogens with one attached hydrogen (secondary N) is 1. The molecule has 1 amide bonds. The van der Waals surface area contributed by atoms with Crippen molar-refractivity contribution in [2.45, 2.75) is 12.5 Å². The maximum atomic E-state index is 12.9. The molecule has 32 heavy (non-hydrogen) atoms. The van der Waals surface area contributed by atoms with Crippen molar-refractivity contribution in [3.8, 4) is 0 Å². The Balaban J connectivity index is 1.41. The summed E-state index contributed by atoms with van der Waals surface area (Å²) in [7, 11) is 0. The number of rotatable bonds is 7. The van der Waals surface area contributed by atoms with E-state index >= 15 is 0 Å². The van der Waals surface area contributed by atoms with Crippen LogP contribution in [-0.4, -0.2) is 23.4 Å². The highest BCUT2D eigenvalue weighted by molar-refractivity contribution is 5.98. The number of carbonyl (C=O) groups is 2. The molecule has 4 rings (SSSR count). The summed E-state index contributed by atoms with van der Waals surface area (Å²) < 4.78 is 5.36. The van der Waals surface area contributed by atoms with Crippen molar-refractivity contribution in [3.05, 3.63) is 108 Å². The van der Waals surface area contributed by atoms with Gasteiger partial charge in [-0.3, -0.25) is 9.78 Å². The Morgan fingerprint density at radius 2 is 1.72 bits per heavy atom. The number of ether oxygens (including phenoxy) is 1. The molecule has 0 saturated carbocycles. The van der Waals surface area contributed by atoms with Crippen molar-refractivity contribution >= 4 is 28.3 Å². The second-order valence-corrected chi connectivity index (χ2v) is 7.40. The Morgan fingerprint density at radius 1 is 0.938 bits per heavy atom. The fraction of sp³-hybridized carbons (Fsp3) is 0.115. The molecule has 0 bridgehead atoms. The van der Waals surface area contributed by atoms with Gasteiger partial charge in [-0.2, -0.15) is 0 Å². The van der Waals surface area contributed by atoms with E-state index in [4.69, 9.17) is 10.5 Å². The van der Waals surface area contributed by atoms with Crippen LogP contribution in [0, 0.1) is 0 Å². The van der Waals surface area contributed by atoms with Gasteiger partial charge in [0.15, 0.2) is 0 Å². The third kappa shape index (κ3) is 4.99. The van der Waals surface area contributed by atoms with Crippen LogP contribution in [0.15, 0.2) is 91.3 Å². The summed E-state index contributed by atoms with van der Waals surface area (Å²) >= 11 is 0. The van der Waals surface area contributed by atoms with E-state index in [2.05, 4.69) is 10.3 Å². The summed E-state index contributed by atoms with van der Waals surface area (Å²) in [5.74, 6) is -1.17. The highest BCUT2D eigenvalue weighted by Crippen LogP contribution is 2.22. The number of pyridine rings is 1. The first-order valence-electron chi connectivity index (χ1n) is 10.3. The lowest BCUT2D eigenvalue weighted by molar-refractivity contribution is -0.117. The molecule has 3 N–H and O–H groups in total. The van der Waals surface area contributed by atoms with Gasteiger partial charge < -0.3 is 15.8 Å². The SMILES string of the molecule is NCC(C(=O)Nc1ccc2cnccc2c1)c1ccc(C(=O)OCc2ccccc2)cc1.